The molecule has 0 radical (unpaired) electrons. The highest BCUT2D eigenvalue weighted by Gasteiger charge is 2.59. The smallest absolute Gasteiger partial charge is 0.150 e. The van der Waals surface area contributed by atoms with E-state index in [1.165, 1.54) is 0 Å². The summed E-state index contributed by atoms with van der Waals surface area (Å²) in [5, 5.41) is 21.7. The quantitative estimate of drug-likeness (QED) is 0.767. The molecular formula is C15H34O3Si2. The Balaban J connectivity index is 3.28. The van der Waals surface area contributed by atoms with Crippen LogP contribution in [0.5, 0.6) is 0 Å². The molecule has 0 amide bonds. The predicted molar refractivity (Wildman–Crippen MR) is 90.2 cm³/mol. The zero-order chi connectivity index (χ0) is 16.2. The Hall–Kier alpha value is 0.314. The van der Waals surface area contributed by atoms with E-state index in [9.17, 15) is 10.2 Å². The topological polar surface area (TPSA) is 49.7 Å². The van der Waals surface area contributed by atoms with Gasteiger partial charge in [-0.25, -0.2) is 0 Å². The number of ether oxygens (including phenoxy) is 1. The Labute approximate surface area is 126 Å². The van der Waals surface area contributed by atoms with E-state index in [2.05, 4.69) is 60.1 Å². The average molecular weight is 319 g/mol. The molecule has 1 aliphatic heterocycles. The predicted octanol–water partition coefficient (Wildman–Crippen LogP) is 3.39. The fourth-order valence-electron chi connectivity index (χ4n) is 2.59. The highest BCUT2D eigenvalue weighted by molar-refractivity contribution is 6.80. The van der Waals surface area contributed by atoms with Crippen molar-refractivity contribution < 1.29 is 14.9 Å². The van der Waals surface area contributed by atoms with Crippen molar-refractivity contribution in [3.63, 3.8) is 0 Å². The van der Waals surface area contributed by atoms with Gasteiger partial charge >= 0.3 is 0 Å². The summed E-state index contributed by atoms with van der Waals surface area (Å²) in [5.74, 6) is 0. The van der Waals surface area contributed by atoms with Crippen molar-refractivity contribution in [2.75, 3.05) is 0 Å². The summed E-state index contributed by atoms with van der Waals surface area (Å²) in [6, 6.07) is 0. The second-order valence-electron chi connectivity index (χ2n) is 9.67. The molecule has 0 aromatic rings. The van der Waals surface area contributed by atoms with Gasteiger partial charge in [-0.15, -0.1) is 0 Å². The highest BCUT2D eigenvalue weighted by atomic mass is 28.3. The maximum Gasteiger partial charge on any atom is 0.150 e. The SMILES string of the molecule is CC(C)(C)C1CC(O)([Si](C)(C)C)CC(O)([Si](C)(C)C)O1. The number of rotatable bonds is 2. The van der Waals surface area contributed by atoms with Crippen LogP contribution < -0.4 is 0 Å². The van der Waals surface area contributed by atoms with E-state index in [0.717, 1.165) is 0 Å². The molecule has 0 aliphatic carbocycles. The first-order valence-corrected chi connectivity index (χ1v) is 14.6. The third-order valence-corrected chi connectivity index (χ3v) is 10.7. The summed E-state index contributed by atoms with van der Waals surface area (Å²) in [4.78, 5) is 0. The van der Waals surface area contributed by atoms with Gasteiger partial charge in [-0.1, -0.05) is 60.1 Å². The first-order valence-electron chi connectivity index (χ1n) is 7.64. The lowest BCUT2D eigenvalue weighted by Gasteiger charge is -2.56. The minimum atomic E-state index is -1.97. The van der Waals surface area contributed by atoms with E-state index in [1.807, 2.05) is 0 Å². The second kappa shape index (κ2) is 4.91. The first-order chi connectivity index (χ1) is 8.52. The molecule has 0 aromatic carbocycles. The molecule has 0 saturated carbocycles. The maximum absolute atomic E-state index is 11.3. The van der Waals surface area contributed by atoms with Crippen molar-refractivity contribution in [1.29, 1.82) is 0 Å². The standard InChI is InChI=1S/C15H34O3Si2/c1-13(2,3)12-10-14(16,19(4,5)6)11-15(17,18-12)20(7,8)9/h12,16-17H,10-11H2,1-9H3. The molecule has 1 saturated heterocycles. The van der Waals surface area contributed by atoms with Gasteiger partial charge in [0, 0.05) is 12.8 Å². The fraction of sp³-hybridized carbons (Fsp3) is 1.00. The zero-order valence-corrected chi connectivity index (χ0v) is 16.8. The van der Waals surface area contributed by atoms with Crippen molar-refractivity contribution in [3.05, 3.63) is 0 Å². The van der Waals surface area contributed by atoms with Crippen LogP contribution in [-0.2, 0) is 4.74 Å². The van der Waals surface area contributed by atoms with Gasteiger partial charge in [-0.2, -0.15) is 0 Å². The lowest BCUT2D eigenvalue weighted by atomic mass is 9.83. The summed E-state index contributed by atoms with van der Waals surface area (Å²) >= 11 is 0. The van der Waals surface area contributed by atoms with Crippen LogP contribution in [0.15, 0.2) is 0 Å². The van der Waals surface area contributed by atoms with Crippen LogP contribution in [0.4, 0.5) is 0 Å². The summed E-state index contributed by atoms with van der Waals surface area (Å²) in [6.45, 7) is 19.3. The summed E-state index contributed by atoms with van der Waals surface area (Å²) in [5.41, 5.74) is -1.22. The first kappa shape index (κ1) is 18.4. The molecule has 120 valence electrons. The van der Waals surface area contributed by atoms with Crippen LogP contribution in [0.25, 0.3) is 0 Å². The van der Waals surface area contributed by atoms with Crippen molar-refractivity contribution in [3.8, 4) is 0 Å². The Kier molecular flexibility index (Phi) is 4.51. The van der Waals surface area contributed by atoms with Crippen molar-refractivity contribution in [2.45, 2.75) is 89.6 Å². The van der Waals surface area contributed by atoms with Gasteiger partial charge in [0.25, 0.3) is 0 Å². The molecule has 20 heavy (non-hydrogen) atoms. The van der Waals surface area contributed by atoms with Gasteiger partial charge in [-0.05, 0) is 5.41 Å². The highest BCUT2D eigenvalue weighted by Crippen LogP contribution is 2.47. The number of hydrogen-bond acceptors (Lipinski definition) is 3. The molecule has 0 aromatic heterocycles. The molecule has 5 heteroatoms. The van der Waals surface area contributed by atoms with Gasteiger partial charge in [-0.3, -0.25) is 0 Å². The van der Waals surface area contributed by atoms with Gasteiger partial charge in [0.15, 0.2) is 5.41 Å². The molecule has 1 aliphatic rings. The van der Waals surface area contributed by atoms with Crippen molar-refractivity contribution in [1.82, 2.24) is 0 Å². The largest absolute Gasteiger partial charge is 0.393 e. The molecule has 3 atom stereocenters. The molecule has 0 spiro atoms. The number of hydrogen-bond donors (Lipinski definition) is 2. The van der Waals surface area contributed by atoms with E-state index in [0.29, 0.717) is 12.8 Å². The molecule has 3 nitrogen and oxygen atoms in total. The molecular weight excluding hydrogens is 284 g/mol. The lowest BCUT2D eigenvalue weighted by Crippen LogP contribution is -2.70. The van der Waals surface area contributed by atoms with E-state index < -0.39 is 26.8 Å². The Morgan fingerprint density at radius 2 is 1.40 bits per heavy atom. The molecule has 0 bridgehead atoms. The van der Waals surface area contributed by atoms with Crippen LogP contribution in [0.2, 0.25) is 39.3 Å². The van der Waals surface area contributed by atoms with Crippen molar-refractivity contribution >= 4 is 16.1 Å². The Morgan fingerprint density at radius 3 is 1.70 bits per heavy atom. The summed E-state index contributed by atoms with van der Waals surface area (Å²) < 4.78 is 6.17. The van der Waals surface area contributed by atoms with Gasteiger partial charge < -0.3 is 14.9 Å². The minimum Gasteiger partial charge on any atom is -0.393 e. The monoisotopic (exact) mass is 318 g/mol. The molecule has 2 N–H and O–H groups in total. The number of aliphatic hydroxyl groups is 2. The van der Waals surface area contributed by atoms with Crippen LogP contribution in [-0.4, -0.2) is 43.1 Å². The minimum absolute atomic E-state index is 0.0817. The Bertz CT molecular complexity index is 337. The third kappa shape index (κ3) is 3.38. The zero-order valence-electron chi connectivity index (χ0n) is 14.8. The van der Waals surface area contributed by atoms with E-state index >= 15 is 0 Å². The lowest BCUT2D eigenvalue weighted by molar-refractivity contribution is -0.257. The summed E-state index contributed by atoms with van der Waals surface area (Å²) in [7, 11) is -3.80. The molecule has 1 rings (SSSR count). The summed E-state index contributed by atoms with van der Waals surface area (Å²) in [6.07, 6.45) is 0.904. The third-order valence-electron chi connectivity index (χ3n) is 4.93. The van der Waals surface area contributed by atoms with E-state index in [-0.39, 0.29) is 11.5 Å². The van der Waals surface area contributed by atoms with Crippen LogP contribution >= 0.6 is 0 Å². The van der Waals surface area contributed by atoms with E-state index in [4.69, 9.17) is 4.74 Å². The normalized spacial score (nSPS) is 37.0. The fourth-order valence-corrected chi connectivity index (χ4v) is 5.65. The molecule has 1 heterocycles. The van der Waals surface area contributed by atoms with Gasteiger partial charge in [0.2, 0.25) is 0 Å². The average Bonchev–Trinajstić information content (AvgIpc) is 2.11. The van der Waals surface area contributed by atoms with Crippen LogP contribution in [0.3, 0.4) is 0 Å². The second-order valence-corrected chi connectivity index (χ2v) is 20.4. The molecule has 1 fully saturated rings. The van der Waals surface area contributed by atoms with Crippen molar-refractivity contribution in [2.24, 2.45) is 5.41 Å². The Morgan fingerprint density at radius 1 is 0.950 bits per heavy atom. The van der Waals surface area contributed by atoms with E-state index in [1.54, 1.807) is 0 Å². The van der Waals surface area contributed by atoms with Gasteiger partial charge in [0.05, 0.1) is 19.4 Å². The van der Waals surface area contributed by atoms with Gasteiger partial charge in [0.1, 0.15) is 8.07 Å². The molecule has 3 unspecified atom stereocenters. The van der Waals surface area contributed by atoms with Crippen LogP contribution in [0, 0.1) is 5.41 Å². The van der Waals surface area contributed by atoms with Crippen LogP contribution in [0.1, 0.15) is 33.6 Å². The maximum atomic E-state index is 11.3.